The van der Waals surface area contributed by atoms with Gasteiger partial charge in [0.2, 0.25) is 0 Å². The van der Waals surface area contributed by atoms with E-state index >= 15 is 0 Å². The van der Waals surface area contributed by atoms with Crippen molar-refractivity contribution < 1.29 is 9.18 Å². The van der Waals surface area contributed by atoms with Crippen LogP contribution in [-0.4, -0.2) is 10.8 Å². The molecule has 15 heavy (non-hydrogen) atoms. The van der Waals surface area contributed by atoms with Crippen molar-refractivity contribution in [3.63, 3.8) is 0 Å². The molecule has 0 N–H and O–H groups in total. The summed E-state index contributed by atoms with van der Waals surface area (Å²) >= 11 is 0. The molecule has 0 unspecified atom stereocenters. The summed E-state index contributed by atoms with van der Waals surface area (Å²) in [5.41, 5.74) is 1.46. The molecule has 0 amide bonds. The standard InChI is InChI=1S/C12H10FNO/c1-7-3-4-9-5-10(8(2)15)6-11(13)12(9)14-7/h3-6H,1-2H3. The van der Waals surface area contributed by atoms with E-state index in [0.717, 1.165) is 5.69 Å². The van der Waals surface area contributed by atoms with Crippen molar-refractivity contribution in [2.45, 2.75) is 13.8 Å². The average Bonchev–Trinajstić information content (AvgIpc) is 2.18. The average molecular weight is 203 g/mol. The third-order valence-electron chi connectivity index (χ3n) is 2.29. The van der Waals surface area contributed by atoms with E-state index in [1.165, 1.54) is 13.0 Å². The van der Waals surface area contributed by atoms with Crippen LogP contribution in [0.2, 0.25) is 0 Å². The molecule has 1 heterocycles. The van der Waals surface area contributed by atoms with Gasteiger partial charge in [-0.15, -0.1) is 0 Å². The largest absolute Gasteiger partial charge is 0.295 e. The molecule has 2 aromatic rings. The first-order valence-electron chi connectivity index (χ1n) is 4.66. The topological polar surface area (TPSA) is 30.0 Å². The predicted molar refractivity (Wildman–Crippen MR) is 56.4 cm³/mol. The summed E-state index contributed by atoms with van der Waals surface area (Å²) in [6.07, 6.45) is 0. The molecule has 1 aromatic carbocycles. The molecule has 2 nitrogen and oxygen atoms in total. The summed E-state index contributed by atoms with van der Waals surface area (Å²) < 4.78 is 13.6. The van der Waals surface area contributed by atoms with Gasteiger partial charge in [-0.25, -0.2) is 4.39 Å². The SMILES string of the molecule is CC(=O)c1cc(F)c2nc(C)ccc2c1. The van der Waals surface area contributed by atoms with E-state index in [2.05, 4.69) is 4.98 Å². The quantitative estimate of drug-likeness (QED) is 0.667. The van der Waals surface area contributed by atoms with Gasteiger partial charge < -0.3 is 0 Å². The van der Waals surface area contributed by atoms with Crippen LogP contribution in [0.1, 0.15) is 23.0 Å². The summed E-state index contributed by atoms with van der Waals surface area (Å²) in [7, 11) is 0. The maximum absolute atomic E-state index is 13.6. The Morgan fingerprint density at radius 3 is 2.73 bits per heavy atom. The van der Waals surface area contributed by atoms with Crippen molar-refractivity contribution in [2.24, 2.45) is 0 Å². The number of hydrogen-bond acceptors (Lipinski definition) is 2. The molecule has 0 aliphatic rings. The molecular weight excluding hydrogens is 193 g/mol. The minimum absolute atomic E-state index is 0.142. The molecule has 0 aliphatic heterocycles. The number of ketones is 1. The highest BCUT2D eigenvalue weighted by atomic mass is 19.1. The number of rotatable bonds is 1. The Bertz CT molecular complexity index is 549. The summed E-state index contributed by atoms with van der Waals surface area (Å²) in [5.74, 6) is -0.585. The first-order chi connectivity index (χ1) is 7.08. The van der Waals surface area contributed by atoms with Crippen molar-refractivity contribution in [1.82, 2.24) is 4.98 Å². The van der Waals surface area contributed by atoms with Gasteiger partial charge in [0.15, 0.2) is 5.78 Å². The van der Waals surface area contributed by atoms with Crippen LogP contribution in [0.25, 0.3) is 10.9 Å². The second-order valence-electron chi connectivity index (χ2n) is 3.54. The fourth-order valence-electron chi connectivity index (χ4n) is 1.49. The summed E-state index contributed by atoms with van der Waals surface area (Å²) in [6.45, 7) is 3.22. The van der Waals surface area contributed by atoms with E-state index in [0.29, 0.717) is 16.5 Å². The Morgan fingerprint density at radius 2 is 2.07 bits per heavy atom. The van der Waals surface area contributed by atoms with Gasteiger partial charge in [0.05, 0.1) is 0 Å². The number of Topliss-reactive ketones (excluding diaryl/α,β-unsaturated/α-hetero) is 1. The predicted octanol–water partition coefficient (Wildman–Crippen LogP) is 2.88. The van der Waals surface area contributed by atoms with Crippen molar-refractivity contribution in [3.8, 4) is 0 Å². The zero-order valence-corrected chi connectivity index (χ0v) is 8.54. The molecule has 0 radical (unpaired) electrons. The van der Waals surface area contributed by atoms with E-state index in [1.807, 2.05) is 0 Å². The highest BCUT2D eigenvalue weighted by Crippen LogP contribution is 2.19. The van der Waals surface area contributed by atoms with Crippen LogP contribution in [0.15, 0.2) is 24.3 Å². The highest BCUT2D eigenvalue weighted by molar-refractivity contribution is 5.98. The monoisotopic (exact) mass is 203 g/mol. The van der Waals surface area contributed by atoms with Gasteiger partial charge in [0.1, 0.15) is 11.3 Å². The minimum atomic E-state index is -0.443. The van der Waals surface area contributed by atoms with Crippen LogP contribution >= 0.6 is 0 Å². The van der Waals surface area contributed by atoms with Gasteiger partial charge in [-0.05, 0) is 32.0 Å². The molecular formula is C12H10FNO. The molecule has 3 heteroatoms. The smallest absolute Gasteiger partial charge is 0.159 e. The number of pyridine rings is 1. The van der Waals surface area contributed by atoms with E-state index in [-0.39, 0.29) is 5.78 Å². The van der Waals surface area contributed by atoms with Crippen molar-refractivity contribution >= 4 is 16.7 Å². The van der Waals surface area contributed by atoms with Crippen LogP contribution in [-0.2, 0) is 0 Å². The number of aromatic nitrogens is 1. The maximum Gasteiger partial charge on any atom is 0.159 e. The van der Waals surface area contributed by atoms with Crippen LogP contribution in [0.4, 0.5) is 4.39 Å². The Morgan fingerprint density at radius 1 is 1.33 bits per heavy atom. The van der Waals surface area contributed by atoms with Gasteiger partial charge in [-0.2, -0.15) is 0 Å². The molecule has 0 atom stereocenters. The second kappa shape index (κ2) is 3.42. The van der Waals surface area contributed by atoms with Crippen LogP contribution in [0, 0.1) is 12.7 Å². The molecule has 0 spiro atoms. The van der Waals surface area contributed by atoms with Crippen LogP contribution in [0.5, 0.6) is 0 Å². The lowest BCUT2D eigenvalue weighted by molar-refractivity contribution is 0.101. The van der Waals surface area contributed by atoms with E-state index < -0.39 is 5.82 Å². The lowest BCUT2D eigenvalue weighted by Crippen LogP contribution is -1.95. The summed E-state index contributed by atoms with van der Waals surface area (Å²) in [5, 5.41) is 0.658. The van der Waals surface area contributed by atoms with Crippen LogP contribution in [0.3, 0.4) is 0 Å². The van der Waals surface area contributed by atoms with Gasteiger partial charge in [0, 0.05) is 16.6 Å². The molecule has 0 bridgehead atoms. The minimum Gasteiger partial charge on any atom is -0.295 e. The zero-order valence-electron chi connectivity index (χ0n) is 8.54. The molecule has 0 aliphatic carbocycles. The van der Waals surface area contributed by atoms with Gasteiger partial charge >= 0.3 is 0 Å². The molecule has 0 fully saturated rings. The first-order valence-corrected chi connectivity index (χ1v) is 4.66. The fourth-order valence-corrected chi connectivity index (χ4v) is 1.49. The maximum atomic E-state index is 13.6. The first kappa shape index (κ1) is 9.77. The third kappa shape index (κ3) is 1.73. The van der Waals surface area contributed by atoms with Crippen LogP contribution < -0.4 is 0 Å². The number of halogens is 1. The number of nitrogens with zero attached hydrogens (tertiary/aromatic N) is 1. The normalized spacial score (nSPS) is 10.6. The number of carbonyl (C=O) groups is 1. The van der Waals surface area contributed by atoms with Crippen molar-refractivity contribution in [2.75, 3.05) is 0 Å². The number of carbonyl (C=O) groups excluding carboxylic acids is 1. The molecule has 2 rings (SSSR count). The number of hydrogen-bond donors (Lipinski definition) is 0. The number of benzene rings is 1. The Hall–Kier alpha value is -1.77. The Kier molecular flexibility index (Phi) is 2.23. The third-order valence-corrected chi connectivity index (χ3v) is 2.29. The molecule has 0 saturated carbocycles. The lowest BCUT2D eigenvalue weighted by Gasteiger charge is -2.02. The van der Waals surface area contributed by atoms with E-state index in [9.17, 15) is 9.18 Å². The summed E-state index contributed by atoms with van der Waals surface area (Å²) in [4.78, 5) is 15.2. The zero-order chi connectivity index (χ0) is 11.0. The number of aryl methyl sites for hydroxylation is 1. The molecule has 76 valence electrons. The second-order valence-corrected chi connectivity index (χ2v) is 3.54. The highest BCUT2D eigenvalue weighted by Gasteiger charge is 2.07. The molecule has 0 saturated heterocycles. The number of fused-ring (bicyclic) bond motifs is 1. The fraction of sp³-hybridized carbons (Fsp3) is 0.167. The lowest BCUT2D eigenvalue weighted by atomic mass is 10.1. The summed E-state index contributed by atoms with van der Waals surface area (Å²) in [6, 6.07) is 6.46. The van der Waals surface area contributed by atoms with Gasteiger partial charge in [-0.1, -0.05) is 6.07 Å². The van der Waals surface area contributed by atoms with Crippen molar-refractivity contribution in [3.05, 3.63) is 41.3 Å². The van der Waals surface area contributed by atoms with E-state index in [4.69, 9.17) is 0 Å². The van der Waals surface area contributed by atoms with Gasteiger partial charge in [0.25, 0.3) is 0 Å². The Balaban J connectivity index is 2.78. The molecule has 1 aromatic heterocycles. The van der Waals surface area contributed by atoms with Crippen molar-refractivity contribution in [1.29, 1.82) is 0 Å². The van der Waals surface area contributed by atoms with E-state index in [1.54, 1.807) is 25.1 Å². The Labute approximate surface area is 86.8 Å². The van der Waals surface area contributed by atoms with Gasteiger partial charge in [-0.3, -0.25) is 9.78 Å².